The van der Waals surface area contributed by atoms with Crippen LogP contribution in [0.5, 0.6) is 5.75 Å². The Hall–Kier alpha value is -2.04. The van der Waals surface area contributed by atoms with Crippen LogP contribution in [0.4, 0.5) is 0 Å². The molecule has 136 valence electrons. The summed E-state index contributed by atoms with van der Waals surface area (Å²) in [4.78, 5) is 27.4. The number of likely N-dealkylation sites (tertiary alicyclic amines) is 1. The lowest BCUT2D eigenvalue weighted by Gasteiger charge is -2.33. The predicted molar refractivity (Wildman–Crippen MR) is 96.4 cm³/mol. The molecule has 0 bridgehead atoms. The van der Waals surface area contributed by atoms with Gasteiger partial charge in [-0.05, 0) is 55.7 Å². The van der Waals surface area contributed by atoms with Gasteiger partial charge in [-0.15, -0.1) is 0 Å². The van der Waals surface area contributed by atoms with Gasteiger partial charge in [0.05, 0.1) is 7.11 Å². The van der Waals surface area contributed by atoms with Gasteiger partial charge in [-0.1, -0.05) is 19.1 Å². The van der Waals surface area contributed by atoms with Crippen molar-refractivity contribution in [1.82, 2.24) is 10.2 Å². The summed E-state index contributed by atoms with van der Waals surface area (Å²) in [7, 11) is 1.64. The Morgan fingerprint density at radius 3 is 2.84 bits per heavy atom. The Morgan fingerprint density at radius 1 is 1.36 bits per heavy atom. The van der Waals surface area contributed by atoms with Crippen LogP contribution in [0.3, 0.4) is 0 Å². The number of hydrogen-bond donors (Lipinski definition) is 1. The maximum Gasteiger partial charge on any atom is 0.238 e. The van der Waals surface area contributed by atoms with Gasteiger partial charge in [0.1, 0.15) is 11.2 Å². The molecule has 1 aromatic rings. The maximum atomic E-state index is 12.8. The standard InChI is InChI=1S/C20H28N2O3/c1-15-5-4-12-22(14-15)19(24)20(9-10-20)18(23)21-11-8-16-6-3-7-17(13-16)25-2/h3,6-7,13,15H,4-5,8-12,14H2,1-2H3,(H,21,23). The van der Waals surface area contributed by atoms with Gasteiger partial charge < -0.3 is 15.0 Å². The van der Waals surface area contributed by atoms with Gasteiger partial charge >= 0.3 is 0 Å². The van der Waals surface area contributed by atoms with Crippen LogP contribution in [0.25, 0.3) is 0 Å². The van der Waals surface area contributed by atoms with E-state index in [4.69, 9.17) is 4.74 Å². The summed E-state index contributed by atoms with van der Waals surface area (Å²) in [6, 6.07) is 7.83. The van der Waals surface area contributed by atoms with Gasteiger partial charge in [-0.3, -0.25) is 9.59 Å². The minimum Gasteiger partial charge on any atom is -0.497 e. The van der Waals surface area contributed by atoms with Crippen LogP contribution < -0.4 is 10.1 Å². The highest BCUT2D eigenvalue weighted by Crippen LogP contribution is 2.48. The van der Waals surface area contributed by atoms with Crippen molar-refractivity contribution < 1.29 is 14.3 Å². The van der Waals surface area contributed by atoms with Crippen molar-refractivity contribution >= 4 is 11.8 Å². The smallest absolute Gasteiger partial charge is 0.238 e. The maximum absolute atomic E-state index is 12.8. The second-order valence-electron chi connectivity index (χ2n) is 7.44. The molecule has 25 heavy (non-hydrogen) atoms. The summed E-state index contributed by atoms with van der Waals surface area (Å²) < 4.78 is 5.22. The molecule has 1 aliphatic carbocycles. The van der Waals surface area contributed by atoms with Gasteiger partial charge in [0.15, 0.2) is 0 Å². The summed E-state index contributed by atoms with van der Waals surface area (Å²) in [5.74, 6) is 1.29. The van der Waals surface area contributed by atoms with Crippen molar-refractivity contribution in [3.05, 3.63) is 29.8 Å². The third kappa shape index (κ3) is 3.97. The summed E-state index contributed by atoms with van der Waals surface area (Å²) in [5.41, 5.74) is 0.325. The zero-order valence-electron chi connectivity index (χ0n) is 15.2. The molecule has 0 spiro atoms. The summed E-state index contributed by atoms with van der Waals surface area (Å²) >= 11 is 0. The van der Waals surface area contributed by atoms with Gasteiger partial charge in [-0.2, -0.15) is 0 Å². The number of amides is 2. The number of nitrogens with zero attached hydrogens (tertiary/aromatic N) is 1. The van der Waals surface area contributed by atoms with Gasteiger partial charge in [0, 0.05) is 19.6 Å². The second-order valence-corrected chi connectivity index (χ2v) is 7.44. The SMILES string of the molecule is COc1cccc(CCNC(=O)C2(C(=O)N3CCCC(C)C3)CC2)c1. The molecule has 5 heteroatoms. The number of ether oxygens (including phenoxy) is 1. The Kier molecular flexibility index (Phi) is 5.30. The molecule has 1 atom stereocenters. The topological polar surface area (TPSA) is 58.6 Å². The third-order valence-corrected chi connectivity index (χ3v) is 5.37. The Balaban J connectivity index is 1.52. The van der Waals surface area contributed by atoms with Crippen molar-refractivity contribution in [2.45, 2.75) is 39.0 Å². The molecular weight excluding hydrogens is 316 g/mol. The van der Waals surface area contributed by atoms with E-state index in [1.807, 2.05) is 29.2 Å². The Bertz CT molecular complexity index is 640. The molecule has 1 unspecified atom stereocenters. The number of benzene rings is 1. The van der Waals surface area contributed by atoms with Crippen LogP contribution in [0, 0.1) is 11.3 Å². The molecule has 1 N–H and O–H groups in total. The molecule has 2 aliphatic rings. The van der Waals surface area contributed by atoms with E-state index < -0.39 is 5.41 Å². The molecule has 2 amide bonds. The van der Waals surface area contributed by atoms with Crippen LogP contribution in [-0.4, -0.2) is 43.5 Å². The highest BCUT2D eigenvalue weighted by Gasteiger charge is 2.58. The van der Waals surface area contributed by atoms with E-state index in [9.17, 15) is 9.59 Å². The minimum atomic E-state index is -0.786. The number of carbonyl (C=O) groups excluding carboxylic acids is 2. The van der Waals surface area contributed by atoms with Crippen LogP contribution >= 0.6 is 0 Å². The molecule has 5 nitrogen and oxygen atoms in total. The van der Waals surface area contributed by atoms with E-state index in [0.717, 1.165) is 37.2 Å². The predicted octanol–water partition coefficient (Wildman–Crippen LogP) is 2.39. The first-order chi connectivity index (χ1) is 12.0. The highest BCUT2D eigenvalue weighted by molar-refractivity contribution is 6.07. The highest BCUT2D eigenvalue weighted by atomic mass is 16.5. The lowest BCUT2D eigenvalue weighted by atomic mass is 9.96. The van der Waals surface area contributed by atoms with Crippen molar-refractivity contribution in [1.29, 1.82) is 0 Å². The molecule has 1 saturated carbocycles. The van der Waals surface area contributed by atoms with E-state index in [2.05, 4.69) is 12.2 Å². The third-order valence-electron chi connectivity index (χ3n) is 5.37. The van der Waals surface area contributed by atoms with E-state index in [0.29, 0.717) is 25.3 Å². The largest absolute Gasteiger partial charge is 0.497 e. The lowest BCUT2D eigenvalue weighted by molar-refractivity contribution is -0.145. The summed E-state index contributed by atoms with van der Waals surface area (Å²) in [6.07, 6.45) is 4.31. The summed E-state index contributed by atoms with van der Waals surface area (Å²) in [5, 5.41) is 2.98. The molecule has 1 heterocycles. The molecule has 1 aromatic carbocycles. The molecule has 3 rings (SSSR count). The molecule has 1 aliphatic heterocycles. The van der Waals surface area contributed by atoms with Gasteiger partial charge in [0.2, 0.25) is 11.8 Å². The van der Waals surface area contributed by atoms with Crippen LogP contribution in [0.1, 0.15) is 38.2 Å². The monoisotopic (exact) mass is 344 g/mol. The fourth-order valence-electron chi connectivity index (χ4n) is 3.66. The zero-order chi connectivity index (χ0) is 17.9. The number of methoxy groups -OCH3 is 1. The van der Waals surface area contributed by atoms with E-state index in [1.54, 1.807) is 7.11 Å². The average molecular weight is 344 g/mol. The zero-order valence-corrected chi connectivity index (χ0v) is 15.2. The number of piperidine rings is 1. The van der Waals surface area contributed by atoms with Crippen LogP contribution in [0.15, 0.2) is 24.3 Å². The normalized spacial score (nSPS) is 21.5. The molecular formula is C20H28N2O3. The fraction of sp³-hybridized carbons (Fsp3) is 0.600. The first-order valence-corrected chi connectivity index (χ1v) is 9.26. The Labute approximate surface area is 149 Å². The molecule has 1 saturated heterocycles. The first kappa shape index (κ1) is 17.8. The molecule has 0 radical (unpaired) electrons. The van der Waals surface area contributed by atoms with Crippen molar-refractivity contribution in [2.24, 2.45) is 11.3 Å². The van der Waals surface area contributed by atoms with E-state index in [1.165, 1.54) is 6.42 Å². The van der Waals surface area contributed by atoms with Crippen LogP contribution in [0.2, 0.25) is 0 Å². The van der Waals surface area contributed by atoms with E-state index >= 15 is 0 Å². The molecule has 0 aromatic heterocycles. The Morgan fingerprint density at radius 2 is 2.16 bits per heavy atom. The number of hydrogen-bond acceptors (Lipinski definition) is 3. The van der Waals surface area contributed by atoms with Gasteiger partial charge in [0.25, 0.3) is 0 Å². The minimum absolute atomic E-state index is 0.0398. The van der Waals surface area contributed by atoms with E-state index in [-0.39, 0.29) is 11.8 Å². The van der Waals surface area contributed by atoms with Crippen molar-refractivity contribution in [3.8, 4) is 5.75 Å². The second kappa shape index (κ2) is 7.46. The number of carbonyl (C=O) groups is 2. The van der Waals surface area contributed by atoms with Crippen molar-refractivity contribution in [3.63, 3.8) is 0 Å². The quantitative estimate of drug-likeness (QED) is 0.806. The summed E-state index contributed by atoms with van der Waals surface area (Å²) in [6.45, 7) is 4.30. The molecule has 2 fully saturated rings. The lowest BCUT2D eigenvalue weighted by Crippen LogP contribution is -2.48. The van der Waals surface area contributed by atoms with Crippen LogP contribution in [-0.2, 0) is 16.0 Å². The number of nitrogens with one attached hydrogen (secondary N) is 1. The van der Waals surface area contributed by atoms with Gasteiger partial charge in [-0.25, -0.2) is 0 Å². The fourth-order valence-corrected chi connectivity index (χ4v) is 3.66. The van der Waals surface area contributed by atoms with Crippen molar-refractivity contribution in [2.75, 3.05) is 26.7 Å². The average Bonchev–Trinajstić information content (AvgIpc) is 3.43. The number of rotatable bonds is 6. The first-order valence-electron chi connectivity index (χ1n) is 9.26.